The van der Waals surface area contributed by atoms with Gasteiger partial charge in [0.2, 0.25) is 0 Å². The monoisotopic (exact) mass is 278 g/mol. The molecule has 0 aliphatic carbocycles. The molecule has 4 N–H and O–H groups in total. The van der Waals surface area contributed by atoms with Gasteiger partial charge in [-0.2, -0.15) is 5.10 Å². The summed E-state index contributed by atoms with van der Waals surface area (Å²) in [5.74, 6) is -0.121. The molecule has 2 fully saturated rings. The number of carbonyl (C=O) groups excluding carboxylic acids is 2. The van der Waals surface area contributed by atoms with Crippen molar-refractivity contribution in [3.05, 3.63) is 11.9 Å². The zero-order valence-corrected chi connectivity index (χ0v) is 11.1. The predicted octanol–water partition coefficient (Wildman–Crippen LogP) is -0.378. The molecule has 8 heteroatoms. The molecular weight excluding hydrogens is 260 g/mol. The molecular formula is C12H18N6O2. The van der Waals surface area contributed by atoms with Gasteiger partial charge in [-0.1, -0.05) is 0 Å². The molecule has 2 saturated heterocycles. The van der Waals surface area contributed by atoms with Crippen LogP contribution >= 0.6 is 0 Å². The van der Waals surface area contributed by atoms with E-state index in [9.17, 15) is 9.59 Å². The molecule has 1 aromatic rings. The van der Waals surface area contributed by atoms with Crippen molar-refractivity contribution in [1.82, 2.24) is 25.3 Å². The number of nitrogen functional groups attached to an aromatic ring is 1. The number of rotatable bonds is 2. The summed E-state index contributed by atoms with van der Waals surface area (Å²) in [4.78, 5) is 27.5. The second-order valence-corrected chi connectivity index (χ2v) is 5.15. The highest BCUT2D eigenvalue weighted by Crippen LogP contribution is 2.20. The van der Waals surface area contributed by atoms with Crippen LogP contribution in [0.5, 0.6) is 0 Å². The lowest BCUT2D eigenvalue weighted by Gasteiger charge is -2.35. The zero-order valence-electron chi connectivity index (χ0n) is 11.1. The molecule has 3 heterocycles. The molecule has 0 saturated carbocycles. The van der Waals surface area contributed by atoms with Gasteiger partial charge in [-0.25, -0.2) is 4.79 Å². The summed E-state index contributed by atoms with van der Waals surface area (Å²) in [5, 5.41) is 9.21. The Morgan fingerprint density at radius 3 is 2.65 bits per heavy atom. The normalized spacial score (nSPS) is 20.3. The Balaban J connectivity index is 1.60. The first-order valence-corrected chi connectivity index (χ1v) is 6.79. The minimum Gasteiger partial charge on any atom is -0.396 e. The predicted molar refractivity (Wildman–Crippen MR) is 72.0 cm³/mol. The summed E-state index contributed by atoms with van der Waals surface area (Å²) in [6.45, 7) is 2.73. The first-order valence-electron chi connectivity index (χ1n) is 6.79. The summed E-state index contributed by atoms with van der Waals surface area (Å²) in [5.41, 5.74) is 6.41. The molecule has 0 radical (unpaired) electrons. The second kappa shape index (κ2) is 5.03. The SMILES string of the molecule is Nc1cn[nH]c1C(=O)N1CCC(N2CCNC2=O)CC1. The first kappa shape index (κ1) is 12.8. The van der Waals surface area contributed by atoms with Gasteiger partial charge in [-0.3, -0.25) is 9.89 Å². The maximum atomic E-state index is 12.3. The number of nitrogens with zero attached hydrogens (tertiary/aromatic N) is 3. The highest BCUT2D eigenvalue weighted by Gasteiger charge is 2.32. The highest BCUT2D eigenvalue weighted by molar-refractivity contribution is 5.97. The third-order valence-electron chi connectivity index (χ3n) is 3.96. The number of urea groups is 1. The lowest BCUT2D eigenvalue weighted by atomic mass is 10.0. The molecule has 1 aromatic heterocycles. The Labute approximate surface area is 116 Å². The Hall–Kier alpha value is -2.25. The van der Waals surface area contributed by atoms with Crippen LogP contribution in [0.3, 0.4) is 0 Å². The van der Waals surface area contributed by atoms with Crippen LogP contribution in [-0.2, 0) is 0 Å². The topological polar surface area (TPSA) is 107 Å². The number of amides is 3. The number of nitrogens with two attached hydrogens (primary N) is 1. The Morgan fingerprint density at radius 2 is 2.10 bits per heavy atom. The van der Waals surface area contributed by atoms with Crippen LogP contribution in [0.25, 0.3) is 0 Å². The van der Waals surface area contributed by atoms with Crippen molar-refractivity contribution in [3.63, 3.8) is 0 Å². The number of likely N-dealkylation sites (tertiary alicyclic amines) is 1. The lowest BCUT2D eigenvalue weighted by Crippen LogP contribution is -2.47. The van der Waals surface area contributed by atoms with E-state index in [1.807, 2.05) is 4.90 Å². The fourth-order valence-electron chi connectivity index (χ4n) is 2.84. The van der Waals surface area contributed by atoms with E-state index in [4.69, 9.17) is 5.73 Å². The minimum absolute atomic E-state index is 0.00703. The third-order valence-corrected chi connectivity index (χ3v) is 3.96. The van der Waals surface area contributed by atoms with Crippen molar-refractivity contribution in [1.29, 1.82) is 0 Å². The van der Waals surface area contributed by atoms with Crippen molar-refractivity contribution in [2.45, 2.75) is 18.9 Å². The first-order chi connectivity index (χ1) is 9.66. The van der Waals surface area contributed by atoms with Gasteiger partial charge < -0.3 is 20.9 Å². The van der Waals surface area contributed by atoms with E-state index in [1.54, 1.807) is 4.90 Å². The quantitative estimate of drug-likeness (QED) is 0.685. The minimum atomic E-state index is -0.121. The van der Waals surface area contributed by atoms with Gasteiger partial charge in [0, 0.05) is 32.2 Å². The van der Waals surface area contributed by atoms with E-state index in [1.165, 1.54) is 6.20 Å². The van der Waals surface area contributed by atoms with Gasteiger partial charge in [-0.15, -0.1) is 0 Å². The summed E-state index contributed by atoms with van der Waals surface area (Å²) in [7, 11) is 0. The molecule has 20 heavy (non-hydrogen) atoms. The molecule has 0 spiro atoms. The van der Waals surface area contributed by atoms with Gasteiger partial charge >= 0.3 is 6.03 Å². The molecule has 0 atom stereocenters. The number of carbonyl (C=O) groups is 2. The standard InChI is InChI=1S/C12H18N6O2/c13-9-7-15-16-10(9)11(19)17-4-1-8(2-5-17)18-6-3-14-12(18)20/h7-8H,1-6,13H2,(H,14,20)(H,15,16). The molecule has 108 valence electrons. The molecule has 3 amide bonds. The van der Waals surface area contributed by atoms with Crippen LogP contribution in [0.2, 0.25) is 0 Å². The maximum absolute atomic E-state index is 12.3. The maximum Gasteiger partial charge on any atom is 0.317 e. The fourth-order valence-corrected chi connectivity index (χ4v) is 2.84. The number of anilines is 1. The van der Waals surface area contributed by atoms with Crippen LogP contribution in [-0.4, -0.2) is 64.2 Å². The van der Waals surface area contributed by atoms with Gasteiger partial charge in [0.15, 0.2) is 0 Å². The van der Waals surface area contributed by atoms with E-state index < -0.39 is 0 Å². The number of aromatic amines is 1. The number of hydrogen-bond acceptors (Lipinski definition) is 4. The van der Waals surface area contributed by atoms with Gasteiger partial charge in [0.05, 0.1) is 11.9 Å². The molecule has 2 aliphatic heterocycles. The largest absolute Gasteiger partial charge is 0.396 e. The van der Waals surface area contributed by atoms with E-state index in [2.05, 4.69) is 15.5 Å². The number of nitrogens with one attached hydrogen (secondary N) is 2. The third kappa shape index (κ3) is 2.17. The summed E-state index contributed by atoms with van der Waals surface area (Å²) in [6, 6.07) is 0.230. The number of aromatic nitrogens is 2. The molecule has 0 bridgehead atoms. The van der Waals surface area contributed by atoms with Gasteiger partial charge in [-0.05, 0) is 12.8 Å². The van der Waals surface area contributed by atoms with Crippen molar-refractivity contribution in [2.24, 2.45) is 0 Å². The van der Waals surface area contributed by atoms with Gasteiger partial charge in [0.25, 0.3) is 5.91 Å². The molecule has 0 unspecified atom stereocenters. The van der Waals surface area contributed by atoms with Crippen LogP contribution in [0.4, 0.5) is 10.5 Å². The Morgan fingerprint density at radius 1 is 1.35 bits per heavy atom. The average molecular weight is 278 g/mol. The molecule has 8 nitrogen and oxygen atoms in total. The van der Waals surface area contributed by atoms with E-state index in [0.29, 0.717) is 31.0 Å². The summed E-state index contributed by atoms with van der Waals surface area (Å²) >= 11 is 0. The highest BCUT2D eigenvalue weighted by atomic mass is 16.2. The van der Waals surface area contributed by atoms with E-state index >= 15 is 0 Å². The van der Waals surface area contributed by atoms with Crippen LogP contribution in [0.15, 0.2) is 6.20 Å². The van der Waals surface area contributed by atoms with Crippen molar-refractivity contribution in [3.8, 4) is 0 Å². The van der Waals surface area contributed by atoms with Gasteiger partial charge in [0.1, 0.15) is 5.69 Å². The lowest BCUT2D eigenvalue weighted by molar-refractivity contribution is 0.0661. The van der Waals surface area contributed by atoms with E-state index in [0.717, 1.165) is 19.4 Å². The summed E-state index contributed by atoms with van der Waals surface area (Å²) in [6.07, 6.45) is 3.04. The fraction of sp³-hybridized carbons (Fsp3) is 0.583. The number of H-pyrrole nitrogens is 1. The van der Waals surface area contributed by atoms with Crippen LogP contribution in [0.1, 0.15) is 23.3 Å². The Kier molecular flexibility index (Phi) is 3.21. The zero-order chi connectivity index (χ0) is 14.1. The van der Waals surface area contributed by atoms with Crippen molar-refractivity contribution in [2.75, 3.05) is 31.9 Å². The van der Waals surface area contributed by atoms with Crippen molar-refractivity contribution < 1.29 is 9.59 Å². The van der Waals surface area contributed by atoms with E-state index in [-0.39, 0.29) is 18.0 Å². The second-order valence-electron chi connectivity index (χ2n) is 5.15. The Bertz CT molecular complexity index is 520. The molecule has 3 rings (SSSR count). The summed E-state index contributed by atoms with van der Waals surface area (Å²) < 4.78 is 0. The molecule has 2 aliphatic rings. The van der Waals surface area contributed by atoms with Crippen molar-refractivity contribution >= 4 is 17.6 Å². The average Bonchev–Trinajstić information content (AvgIpc) is 3.07. The number of piperidine rings is 1. The molecule has 0 aromatic carbocycles. The number of hydrogen-bond donors (Lipinski definition) is 3. The van der Waals surface area contributed by atoms with Crippen LogP contribution in [0, 0.1) is 0 Å². The smallest absolute Gasteiger partial charge is 0.317 e. The van der Waals surface area contributed by atoms with Crippen LogP contribution < -0.4 is 11.1 Å².